The molecular formula is C32H26N2O2S. The van der Waals surface area contributed by atoms with Gasteiger partial charge in [0.1, 0.15) is 16.4 Å². The third-order valence-electron chi connectivity index (χ3n) is 6.73. The predicted molar refractivity (Wildman–Crippen MR) is 152 cm³/mol. The van der Waals surface area contributed by atoms with Crippen molar-refractivity contribution in [1.29, 1.82) is 0 Å². The molecule has 0 unspecified atom stereocenters. The van der Waals surface area contributed by atoms with Gasteiger partial charge in [0.25, 0.3) is 5.56 Å². The quantitative estimate of drug-likeness (QED) is 0.263. The van der Waals surface area contributed by atoms with Gasteiger partial charge in [-0.3, -0.25) is 9.36 Å². The maximum absolute atomic E-state index is 14.1. The highest BCUT2D eigenvalue weighted by molar-refractivity contribution is 7.25. The fourth-order valence-electron chi connectivity index (χ4n) is 4.90. The molecule has 37 heavy (non-hydrogen) atoms. The number of hydrogen-bond donors (Lipinski definition) is 1. The minimum atomic E-state index is -0.0561. The van der Waals surface area contributed by atoms with Crippen molar-refractivity contribution >= 4 is 31.6 Å². The van der Waals surface area contributed by atoms with Crippen LogP contribution in [-0.2, 0) is 25.8 Å². The minimum Gasteiger partial charge on any atom is -0.506 e. The summed E-state index contributed by atoms with van der Waals surface area (Å²) in [5.74, 6) is 0.965. The Balaban J connectivity index is 1.49. The number of benzene rings is 4. The zero-order chi connectivity index (χ0) is 25.2. The summed E-state index contributed by atoms with van der Waals surface area (Å²) in [6, 6.07) is 34.3. The molecule has 0 bridgehead atoms. The van der Waals surface area contributed by atoms with Gasteiger partial charge >= 0.3 is 0 Å². The molecule has 0 aliphatic rings. The van der Waals surface area contributed by atoms with Crippen LogP contribution in [0.4, 0.5) is 0 Å². The molecular weight excluding hydrogens is 476 g/mol. The lowest BCUT2D eigenvalue weighted by atomic mass is 10.0. The topological polar surface area (TPSA) is 55.1 Å². The normalized spacial score (nSPS) is 11.4. The van der Waals surface area contributed by atoms with Gasteiger partial charge in [0.05, 0.1) is 16.6 Å². The standard InChI is InChI=1S/C32H26N2O2S/c35-27-20-25(18-23-12-6-2-7-13-23)19-26-29-31(37-30(26)27)33-28(17-16-22-10-4-1-5-11-22)34(32(29)36)21-24-14-8-3-9-15-24/h1-15,19-20,35H,16-18,21H2. The van der Waals surface area contributed by atoms with Crippen LogP contribution in [0.15, 0.2) is 108 Å². The van der Waals surface area contributed by atoms with E-state index < -0.39 is 0 Å². The molecule has 0 aliphatic carbocycles. The van der Waals surface area contributed by atoms with E-state index in [1.807, 2.05) is 83.4 Å². The summed E-state index contributed by atoms with van der Waals surface area (Å²) in [4.78, 5) is 19.8. The van der Waals surface area contributed by atoms with Crippen molar-refractivity contribution in [2.75, 3.05) is 0 Å². The van der Waals surface area contributed by atoms with Gasteiger partial charge in [-0.15, -0.1) is 11.3 Å². The average Bonchev–Trinajstić information content (AvgIpc) is 3.30. The van der Waals surface area contributed by atoms with Crippen LogP contribution in [0, 0.1) is 0 Å². The number of thiophene rings is 1. The predicted octanol–water partition coefficient (Wildman–Crippen LogP) is 6.74. The van der Waals surface area contributed by atoms with Crippen molar-refractivity contribution in [3.05, 3.63) is 142 Å². The summed E-state index contributed by atoms with van der Waals surface area (Å²) < 4.78 is 2.52. The summed E-state index contributed by atoms with van der Waals surface area (Å²) in [5.41, 5.74) is 4.34. The third-order valence-corrected chi connectivity index (χ3v) is 7.85. The van der Waals surface area contributed by atoms with Gasteiger partial charge < -0.3 is 5.11 Å². The molecule has 182 valence electrons. The average molecular weight is 503 g/mol. The molecule has 4 aromatic carbocycles. The number of fused-ring (bicyclic) bond motifs is 3. The highest BCUT2D eigenvalue weighted by Crippen LogP contribution is 2.38. The molecule has 5 heteroatoms. The van der Waals surface area contributed by atoms with E-state index in [0.717, 1.165) is 34.3 Å². The van der Waals surface area contributed by atoms with Crippen LogP contribution in [0.5, 0.6) is 5.75 Å². The zero-order valence-electron chi connectivity index (χ0n) is 20.3. The van der Waals surface area contributed by atoms with E-state index in [0.29, 0.717) is 34.3 Å². The lowest BCUT2D eigenvalue weighted by Crippen LogP contribution is -2.26. The lowest BCUT2D eigenvalue weighted by molar-refractivity contribution is 0.482. The second-order valence-electron chi connectivity index (χ2n) is 9.33. The summed E-state index contributed by atoms with van der Waals surface area (Å²) >= 11 is 1.39. The maximum atomic E-state index is 14.1. The van der Waals surface area contributed by atoms with Crippen molar-refractivity contribution in [2.45, 2.75) is 25.8 Å². The second kappa shape index (κ2) is 10.0. The number of aryl methyl sites for hydroxylation is 2. The molecule has 0 saturated carbocycles. The Bertz CT molecular complexity index is 1740. The highest BCUT2D eigenvalue weighted by Gasteiger charge is 2.19. The molecule has 0 spiro atoms. The SMILES string of the molecule is O=c1c2c(nc(CCc3ccccc3)n1Cc1ccccc1)sc1c(O)cc(Cc3ccccc3)cc12. The first kappa shape index (κ1) is 23.2. The van der Waals surface area contributed by atoms with Gasteiger partial charge in [0, 0.05) is 11.8 Å². The van der Waals surface area contributed by atoms with E-state index in [1.165, 1.54) is 16.9 Å². The summed E-state index contributed by atoms with van der Waals surface area (Å²) in [6.07, 6.45) is 2.13. The fourth-order valence-corrected chi connectivity index (χ4v) is 5.98. The van der Waals surface area contributed by atoms with E-state index in [2.05, 4.69) is 24.3 Å². The van der Waals surface area contributed by atoms with E-state index in [-0.39, 0.29) is 11.3 Å². The van der Waals surface area contributed by atoms with E-state index >= 15 is 0 Å². The van der Waals surface area contributed by atoms with Gasteiger partial charge in [0.2, 0.25) is 0 Å². The van der Waals surface area contributed by atoms with E-state index in [1.54, 1.807) is 0 Å². The van der Waals surface area contributed by atoms with Crippen LogP contribution < -0.4 is 5.56 Å². The van der Waals surface area contributed by atoms with Crippen LogP contribution in [0.1, 0.15) is 28.1 Å². The van der Waals surface area contributed by atoms with Gasteiger partial charge in [-0.25, -0.2) is 4.98 Å². The monoisotopic (exact) mass is 502 g/mol. The van der Waals surface area contributed by atoms with Gasteiger partial charge in [-0.05, 0) is 47.2 Å². The number of aromatic nitrogens is 2. The molecule has 6 aromatic rings. The Labute approximate surface area is 219 Å². The lowest BCUT2D eigenvalue weighted by Gasteiger charge is -2.13. The molecule has 0 saturated heterocycles. The molecule has 2 aromatic heterocycles. The Hall–Kier alpha value is -4.22. The summed E-state index contributed by atoms with van der Waals surface area (Å²) in [7, 11) is 0. The molecule has 0 amide bonds. The van der Waals surface area contributed by atoms with Crippen LogP contribution >= 0.6 is 11.3 Å². The van der Waals surface area contributed by atoms with Gasteiger partial charge in [-0.1, -0.05) is 91.0 Å². The molecule has 1 N–H and O–H groups in total. The summed E-state index contributed by atoms with van der Waals surface area (Å²) in [5, 5.41) is 12.3. The van der Waals surface area contributed by atoms with Crippen molar-refractivity contribution in [3.63, 3.8) is 0 Å². The molecule has 4 nitrogen and oxygen atoms in total. The van der Waals surface area contributed by atoms with Crippen LogP contribution in [0.3, 0.4) is 0 Å². The highest BCUT2D eigenvalue weighted by atomic mass is 32.1. The Morgan fingerprint density at radius 3 is 2.03 bits per heavy atom. The van der Waals surface area contributed by atoms with Crippen molar-refractivity contribution in [2.24, 2.45) is 0 Å². The van der Waals surface area contributed by atoms with E-state index in [9.17, 15) is 9.90 Å². The number of hydrogen-bond acceptors (Lipinski definition) is 4. The first-order valence-corrected chi connectivity index (χ1v) is 13.3. The molecule has 0 atom stereocenters. The number of aromatic hydroxyl groups is 1. The number of phenols is 1. The first-order chi connectivity index (χ1) is 18.2. The second-order valence-corrected chi connectivity index (χ2v) is 10.3. The van der Waals surface area contributed by atoms with Crippen LogP contribution in [-0.4, -0.2) is 14.7 Å². The minimum absolute atomic E-state index is 0.0561. The number of phenolic OH excluding ortho intramolecular Hbond substituents is 1. The van der Waals surface area contributed by atoms with Crippen LogP contribution in [0.2, 0.25) is 0 Å². The van der Waals surface area contributed by atoms with Crippen molar-refractivity contribution < 1.29 is 5.11 Å². The largest absolute Gasteiger partial charge is 0.506 e. The Kier molecular flexibility index (Phi) is 6.29. The molecule has 0 radical (unpaired) electrons. The van der Waals surface area contributed by atoms with Crippen molar-refractivity contribution in [1.82, 2.24) is 9.55 Å². The van der Waals surface area contributed by atoms with Gasteiger partial charge in [-0.2, -0.15) is 0 Å². The molecule has 0 aliphatic heterocycles. The van der Waals surface area contributed by atoms with E-state index in [4.69, 9.17) is 4.98 Å². The fraction of sp³-hybridized carbons (Fsp3) is 0.125. The van der Waals surface area contributed by atoms with Gasteiger partial charge in [0.15, 0.2) is 0 Å². The molecule has 0 fully saturated rings. The molecule has 6 rings (SSSR count). The number of nitrogens with zero attached hydrogens (tertiary/aromatic N) is 2. The van der Waals surface area contributed by atoms with Crippen molar-refractivity contribution in [3.8, 4) is 5.75 Å². The maximum Gasteiger partial charge on any atom is 0.263 e. The Morgan fingerprint density at radius 1 is 0.730 bits per heavy atom. The summed E-state index contributed by atoms with van der Waals surface area (Å²) in [6.45, 7) is 0.458. The third kappa shape index (κ3) is 4.78. The van der Waals surface area contributed by atoms with Crippen LogP contribution in [0.25, 0.3) is 20.3 Å². The number of rotatable bonds is 7. The molecule has 2 heterocycles. The Morgan fingerprint density at radius 2 is 1.35 bits per heavy atom. The first-order valence-electron chi connectivity index (χ1n) is 12.5. The smallest absolute Gasteiger partial charge is 0.263 e. The zero-order valence-corrected chi connectivity index (χ0v) is 21.1.